The summed E-state index contributed by atoms with van der Waals surface area (Å²) in [7, 11) is 0. The molecule has 0 heterocycles. The minimum Gasteiger partial charge on any atom is -0.417 e. The lowest BCUT2D eigenvalue weighted by molar-refractivity contribution is 0.273. The van der Waals surface area contributed by atoms with Crippen LogP contribution in [0.25, 0.3) is 21.5 Å². The molecule has 33 heavy (non-hydrogen) atoms. The lowest BCUT2D eigenvalue weighted by Crippen LogP contribution is -1.99. The lowest BCUT2D eigenvalue weighted by Gasteiger charge is -2.20. The van der Waals surface area contributed by atoms with Gasteiger partial charge in [-0.3, -0.25) is 4.52 Å². The van der Waals surface area contributed by atoms with Crippen molar-refractivity contribution in [2.45, 2.75) is 79.1 Å². The molecule has 180 valence electrons. The Hall–Kier alpha value is -1.48. The van der Waals surface area contributed by atoms with Gasteiger partial charge in [0.25, 0.3) is 0 Å². The van der Waals surface area contributed by atoms with Crippen LogP contribution in [0.1, 0.15) is 77.3 Å². The number of aryl methyl sites for hydroxylation is 2. The van der Waals surface area contributed by atoms with E-state index >= 15 is 0 Å². The molecule has 1 atom stereocenters. The zero-order valence-corrected chi connectivity index (χ0v) is 22.4. The maximum atomic E-state index is 13.5. The lowest BCUT2D eigenvalue weighted by atomic mass is 9.96. The fourth-order valence-electron chi connectivity index (χ4n) is 4.13. The van der Waals surface area contributed by atoms with Gasteiger partial charge in [0, 0.05) is 5.75 Å². The van der Waals surface area contributed by atoms with Crippen LogP contribution >= 0.6 is 18.2 Å². The van der Waals surface area contributed by atoms with E-state index < -0.39 is 6.80 Å². The molecule has 0 radical (unpaired) electrons. The van der Waals surface area contributed by atoms with E-state index in [1.165, 1.54) is 38.7 Å². The van der Waals surface area contributed by atoms with Crippen LogP contribution in [-0.4, -0.2) is 12.4 Å². The first kappa shape index (κ1) is 26.1. The molecule has 0 bridgehead atoms. The fraction of sp³-hybridized carbons (Fsp3) is 0.500. The highest BCUT2D eigenvalue weighted by Gasteiger charge is 2.27. The molecule has 1 unspecified atom stereocenters. The molecule has 3 aromatic rings. The largest absolute Gasteiger partial charge is 0.440 e. The van der Waals surface area contributed by atoms with E-state index in [-0.39, 0.29) is 0 Å². The fourth-order valence-corrected chi connectivity index (χ4v) is 7.51. The van der Waals surface area contributed by atoms with Gasteiger partial charge >= 0.3 is 6.80 Å². The van der Waals surface area contributed by atoms with E-state index in [0.29, 0.717) is 12.4 Å². The Morgan fingerprint density at radius 1 is 0.788 bits per heavy atom. The number of rotatable bonds is 14. The van der Waals surface area contributed by atoms with Crippen LogP contribution in [-0.2, 0) is 21.9 Å². The molecule has 0 aliphatic rings. The van der Waals surface area contributed by atoms with Gasteiger partial charge < -0.3 is 4.52 Å². The first-order valence-electron chi connectivity index (χ1n) is 12.6. The number of benzene rings is 3. The molecule has 0 saturated heterocycles. The summed E-state index contributed by atoms with van der Waals surface area (Å²) in [6.45, 7) is 5.86. The number of hydrogen-bond acceptors (Lipinski definition) is 4. The quantitative estimate of drug-likeness (QED) is 0.129. The summed E-state index contributed by atoms with van der Waals surface area (Å²) in [6.07, 6.45) is 8.27. The van der Waals surface area contributed by atoms with Crippen molar-refractivity contribution in [2.24, 2.45) is 0 Å². The normalized spacial score (nSPS) is 13.5. The highest BCUT2D eigenvalue weighted by molar-refractivity contribution is 8.55. The summed E-state index contributed by atoms with van der Waals surface area (Å²) >= 11 is 1.32. The van der Waals surface area contributed by atoms with Crippen molar-refractivity contribution in [2.75, 3.05) is 12.4 Å². The molecular weight excluding hydrogens is 447 g/mol. The summed E-state index contributed by atoms with van der Waals surface area (Å²) < 4.78 is 25.5. The standard InChI is InChI=1S/C28H39O3PS/c1-5-9-10-15-30-32(29,33-16-8-4)31-27-19-24(12-7-3)28-21-25-17-22(11-6-2)13-14-23(25)18-26(28)20-27/h13-14,17-21H,5-12,15-16H2,1-4H3. The summed E-state index contributed by atoms with van der Waals surface area (Å²) in [5.74, 6) is 1.40. The molecule has 5 heteroatoms. The third-order valence-corrected chi connectivity index (χ3v) is 9.64. The van der Waals surface area contributed by atoms with Gasteiger partial charge in [0.15, 0.2) is 0 Å². The van der Waals surface area contributed by atoms with Crippen molar-refractivity contribution >= 4 is 39.7 Å². The number of unbranched alkanes of at least 4 members (excludes halogenated alkanes) is 2. The third-order valence-electron chi connectivity index (χ3n) is 5.76. The molecule has 3 nitrogen and oxygen atoms in total. The van der Waals surface area contributed by atoms with Gasteiger partial charge in [-0.25, -0.2) is 4.57 Å². The first-order chi connectivity index (χ1) is 16.0. The second-order valence-electron chi connectivity index (χ2n) is 8.75. The molecule has 0 amide bonds. The Kier molecular flexibility index (Phi) is 10.2. The van der Waals surface area contributed by atoms with Crippen LogP contribution < -0.4 is 4.52 Å². The van der Waals surface area contributed by atoms with Crippen molar-refractivity contribution in [1.82, 2.24) is 0 Å². The molecule has 0 aliphatic heterocycles. The predicted molar refractivity (Wildman–Crippen MR) is 146 cm³/mol. The Morgan fingerprint density at radius 2 is 1.61 bits per heavy atom. The van der Waals surface area contributed by atoms with E-state index in [2.05, 4.69) is 64.1 Å². The molecule has 0 spiro atoms. The molecular formula is C28H39O3PS. The Morgan fingerprint density at radius 3 is 2.33 bits per heavy atom. The van der Waals surface area contributed by atoms with E-state index in [1.54, 1.807) is 0 Å². The van der Waals surface area contributed by atoms with Crippen LogP contribution in [0.4, 0.5) is 0 Å². The smallest absolute Gasteiger partial charge is 0.417 e. The van der Waals surface area contributed by atoms with Gasteiger partial charge in [0.1, 0.15) is 5.75 Å². The summed E-state index contributed by atoms with van der Waals surface area (Å²) in [4.78, 5) is 0. The van der Waals surface area contributed by atoms with Crippen LogP contribution in [0, 0.1) is 0 Å². The van der Waals surface area contributed by atoms with Crippen molar-refractivity contribution < 1.29 is 13.6 Å². The van der Waals surface area contributed by atoms with Gasteiger partial charge in [0.05, 0.1) is 6.61 Å². The molecule has 0 fully saturated rings. The van der Waals surface area contributed by atoms with Crippen molar-refractivity contribution in [1.29, 1.82) is 0 Å². The van der Waals surface area contributed by atoms with Gasteiger partial charge in [-0.1, -0.05) is 71.6 Å². The van der Waals surface area contributed by atoms with Crippen molar-refractivity contribution in [3.63, 3.8) is 0 Å². The minimum atomic E-state index is -3.26. The number of fused-ring (bicyclic) bond motifs is 2. The van der Waals surface area contributed by atoms with Crippen LogP contribution in [0.5, 0.6) is 5.75 Å². The van der Waals surface area contributed by atoms with Crippen LogP contribution in [0.2, 0.25) is 0 Å². The molecule has 3 aromatic carbocycles. The predicted octanol–water partition coefficient (Wildman–Crippen LogP) is 9.73. The third kappa shape index (κ3) is 7.25. The van der Waals surface area contributed by atoms with Crippen LogP contribution in [0.3, 0.4) is 0 Å². The Bertz CT molecular complexity index is 1100. The van der Waals surface area contributed by atoms with Gasteiger partial charge in [-0.15, -0.1) is 0 Å². The SMILES string of the molecule is CCCCCOP(=O)(Oc1cc(CCC)c2cc3cc(CCC)ccc3cc2c1)SCCC. The monoisotopic (exact) mass is 486 g/mol. The topological polar surface area (TPSA) is 35.5 Å². The Balaban J connectivity index is 1.98. The van der Waals surface area contributed by atoms with Crippen molar-refractivity contribution in [3.8, 4) is 5.75 Å². The van der Waals surface area contributed by atoms with E-state index in [9.17, 15) is 4.57 Å². The average Bonchev–Trinajstić information content (AvgIpc) is 2.80. The van der Waals surface area contributed by atoms with Gasteiger partial charge in [-0.2, -0.15) is 0 Å². The van der Waals surface area contributed by atoms with Gasteiger partial charge in [0.2, 0.25) is 0 Å². The second kappa shape index (κ2) is 12.8. The Labute approximate surface area is 203 Å². The maximum absolute atomic E-state index is 13.5. The highest BCUT2D eigenvalue weighted by Crippen LogP contribution is 2.60. The first-order valence-corrected chi connectivity index (χ1v) is 15.7. The molecule has 0 saturated carbocycles. The summed E-state index contributed by atoms with van der Waals surface area (Å²) in [5, 5.41) is 4.89. The van der Waals surface area contributed by atoms with E-state index in [4.69, 9.17) is 9.05 Å². The van der Waals surface area contributed by atoms with Crippen LogP contribution in [0.15, 0.2) is 42.5 Å². The van der Waals surface area contributed by atoms with E-state index in [1.807, 2.05) is 6.07 Å². The number of hydrogen-bond donors (Lipinski definition) is 0. The summed E-state index contributed by atoms with van der Waals surface area (Å²) in [5.41, 5.74) is 2.63. The second-order valence-corrected chi connectivity index (χ2v) is 12.9. The highest BCUT2D eigenvalue weighted by atomic mass is 32.7. The molecule has 0 aromatic heterocycles. The summed E-state index contributed by atoms with van der Waals surface area (Å²) in [6, 6.07) is 15.4. The molecule has 0 aliphatic carbocycles. The van der Waals surface area contributed by atoms with E-state index in [0.717, 1.165) is 62.5 Å². The molecule has 0 N–H and O–H groups in total. The van der Waals surface area contributed by atoms with Crippen molar-refractivity contribution in [3.05, 3.63) is 53.6 Å². The zero-order chi connectivity index (χ0) is 23.7. The zero-order valence-electron chi connectivity index (χ0n) is 20.7. The molecule has 3 rings (SSSR count). The maximum Gasteiger partial charge on any atom is 0.440 e. The van der Waals surface area contributed by atoms with Gasteiger partial charge in [-0.05, 0) is 94.0 Å². The average molecular weight is 487 g/mol. The minimum absolute atomic E-state index is 0.474.